The zero-order valence-electron chi connectivity index (χ0n) is 11.0. The van der Waals surface area contributed by atoms with Gasteiger partial charge in [0, 0.05) is 18.7 Å². The van der Waals surface area contributed by atoms with E-state index >= 15 is 0 Å². The Labute approximate surface area is 111 Å². The summed E-state index contributed by atoms with van der Waals surface area (Å²) in [5.41, 5.74) is -0.109. The summed E-state index contributed by atoms with van der Waals surface area (Å²) in [6, 6.07) is 3.30. The van der Waals surface area contributed by atoms with Crippen molar-refractivity contribution < 1.29 is 13.6 Å². The zero-order chi connectivity index (χ0) is 13.8. The number of amides is 1. The van der Waals surface area contributed by atoms with E-state index in [4.69, 9.17) is 0 Å². The van der Waals surface area contributed by atoms with Crippen LogP contribution in [0.5, 0.6) is 0 Å². The lowest BCUT2D eigenvalue weighted by atomic mass is 10.1. The van der Waals surface area contributed by atoms with Gasteiger partial charge in [-0.05, 0) is 38.1 Å². The first-order valence-electron chi connectivity index (χ1n) is 6.59. The second-order valence-electron chi connectivity index (χ2n) is 4.76. The number of carbonyl (C=O) groups is 1. The summed E-state index contributed by atoms with van der Waals surface area (Å²) in [6.07, 6.45) is 2.17. The van der Waals surface area contributed by atoms with Gasteiger partial charge in [0.2, 0.25) is 0 Å². The van der Waals surface area contributed by atoms with Gasteiger partial charge in [-0.25, -0.2) is 8.78 Å². The molecule has 1 aromatic carbocycles. The molecule has 1 fully saturated rings. The van der Waals surface area contributed by atoms with Crippen LogP contribution in [0.15, 0.2) is 18.2 Å². The minimum absolute atomic E-state index is 0.109. The SMILES string of the molecule is CCN1CCC[C@@H]1CNC(=O)c1ccc(F)cc1F. The lowest BCUT2D eigenvalue weighted by molar-refractivity contribution is 0.0937. The predicted octanol–water partition coefficient (Wildman–Crippen LogP) is 2.18. The Morgan fingerprint density at radius 1 is 1.47 bits per heavy atom. The number of likely N-dealkylation sites (N-methyl/N-ethyl adjacent to an activating group) is 1. The molecule has 0 saturated carbocycles. The van der Waals surface area contributed by atoms with Crippen LogP contribution in [-0.2, 0) is 0 Å². The maximum absolute atomic E-state index is 13.4. The van der Waals surface area contributed by atoms with E-state index in [1.165, 1.54) is 6.07 Å². The van der Waals surface area contributed by atoms with Gasteiger partial charge in [-0.1, -0.05) is 6.92 Å². The van der Waals surface area contributed by atoms with Crippen molar-refractivity contribution in [3.8, 4) is 0 Å². The van der Waals surface area contributed by atoms with E-state index < -0.39 is 17.5 Å². The summed E-state index contributed by atoms with van der Waals surface area (Å²) in [7, 11) is 0. The average Bonchev–Trinajstić information content (AvgIpc) is 2.83. The fraction of sp³-hybridized carbons (Fsp3) is 0.500. The molecule has 1 aliphatic rings. The van der Waals surface area contributed by atoms with E-state index in [1.54, 1.807) is 0 Å². The summed E-state index contributed by atoms with van der Waals surface area (Å²) < 4.78 is 26.2. The van der Waals surface area contributed by atoms with Gasteiger partial charge in [0.25, 0.3) is 5.91 Å². The third-order valence-corrected chi connectivity index (χ3v) is 3.58. The molecule has 0 radical (unpaired) electrons. The Bertz CT molecular complexity index is 465. The standard InChI is InChI=1S/C14H18F2N2O/c1-2-18-7-3-4-11(18)9-17-14(19)12-6-5-10(15)8-13(12)16/h5-6,8,11H,2-4,7,9H2,1H3,(H,17,19)/t11-/m1/s1. The quantitative estimate of drug-likeness (QED) is 0.907. The summed E-state index contributed by atoms with van der Waals surface area (Å²) in [5, 5.41) is 2.72. The van der Waals surface area contributed by atoms with Gasteiger partial charge in [-0.2, -0.15) is 0 Å². The normalized spacial score (nSPS) is 19.6. The Balaban J connectivity index is 1.94. The number of benzene rings is 1. The van der Waals surface area contributed by atoms with E-state index in [9.17, 15) is 13.6 Å². The van der Waals surface area contributed by atoms with Crippen molar-refractivity contribution in [1.82, 2.24) is 10.2 Å². The zero-order valence-corrected chi connectivity index (χ0v) is 11.0. The van der Waals surface area contributed by atoms with Crippen molar-refractivity contribution in [3.05, 3.63) is 35.4 Å². The number of hydrogen-bond donors (Lipinski definition) is 1. The number of nitrogens with one attached hydrogen (secondary N) is 1. The highest BCUT2D eigenvalue weighted by Crippen LogP contribution is 2.16. The first-order valence-corrected chi connectivity index (χ1v) is 6.59. The van der Waals surface area contributed by atoms with Gasteiger partial charge in [0.15, 0.2) is 0 Å². The Morgan fingerprint density at radius 3 is 2.95 bits per heavy atom. The molecule has 1 saturated heterocycles. The summed E-state index contributed by atoms with van der Waals surface area (Å²) in [5.74, 6) is -1.99. The van der Waals surface area contributed by atoms with Crippen LogP contribution in [0.1, 0.15) is 30.1 Å². The molecule has 19 heavy (non-hydrogen) atoms. The van der Waals surface area contributed by atoms with Gasteiger partial charge >= 0.3 is 0 Å². The molecule has 1 N–H and O–H groups in total. The number of halogens is 2. The van der Waals surface area contributed by atoms with Crippen LogP contribution >= 0.6 is 0 Å². The number of hydrogen-bond acceptors (Lipinski definition) is 2. The minimum atomic E-state index is -0.823. The van der Waals surface area contributed by atoms with Gasteiger partial charge in [-0.3, -0.25) is 9.69 Å². The molecule has 2 rings (SSSR count). The molecule has 0 bridgehead atoms. The van der Waals surface area contributed by atoms with Crippen LogP contribution in [0, 0.1) is 11.6 Å². The van der Waals surface area contributed by atoms with Gasteiger partial charge in [0.1, 0.15) is 11.6 Å². The molecule has 0 aliphatic carbocycles. The molecule has 1 aliphatic heterocycles. The fourth-order valence-electron chi connectivity index (χ4n) is 2.52. The maximum atomic E-state index is 13.4. The maximum Gasteiger partial charge on any atom is 0.254 e. The highest BCUT2D eigenvalue weighted by atomic mass is 19.1. The minimum Gasteiger partial charge on any atom is -0.350 e. The number of carbonyl (C=O) groups excluding carboxylic acids is 1. The Hall–Kier alpha value is -1.49. The summed E-state index contributed by atoms with van der Waals surface area (Å²) in [4.78, 5) is 14.1. The first kappa shape index (κ1) is 13.9. The van der Waals surface area contributed by atoms with Crippen LogP contribution in [0.25, 0.3) is 0 Å². The van der Waals surface area contributed by atoms with Crippen LogP contribution in [-0.4, -0.2) is 36.5 Å². The molecule has 5 heteroatoms. The van der Waals surface area contributed by atoms with Crippen molar-refractivity contribution >= 4 is 5.91 Å². The predicted molar refractivity (Wildman–Crippen MR) is 69.0 cm³/mol. The molecule has 1 atom stereocenters. The third kappa shape index (κ3) is 3.29. The van der Waals surface area contributed by atoms with Crippen molar-refractivity contribution in [3.63, 3.8) is 0 Å². The second kappa shape index (κ2) is 6.10. The third-order valence-electron chi connectivity index (χ3n) is 3.58. The smallest absolute Gasteiger partial charge is 0.254 e. The van der Waals surface area contributed by atoms with E-state index in [1.807, 2.05) is 0 Å². The van der Waals surface area contributed by atoms with Crippen molar-refractivity contribution in [2.45, 2.75) is 25.8 Å². The van der Waals surface area contributed by atoms with E-state index in [2.05, 4.69) is 17.1 Å². The molecule has 3 nitrogen and oxygen atoms in total. The molecule has 1 aromatic rings. The van der Waals surface area contributed by atoms with Crippen LogP contribution < -0.4 is 5.32 Å². The van der Waals surface area contributed by atoms with Gasteiger partial charge in [0.05, 0.1) is 5.56 Å². The highest BCUT2D eigenvalue weighted by Gasteiger charge is 2.23. The molecule has 1 heterocycles. The molecule has 104 valence electrons. The van der Waals surface area contributed by atoms with E-state index in [0.717, 1.165) is 38.1 Å². The molecule has 0 unspecified atom stereocenters. The number of likely N-dealkylation sites (tertiary alicyclic amines) is 1. The van der Waals surface area contributed by atoms with Crippen molar-refractivity contribution in [2.24, 2.45) is 0 Å². The fourth-order valence-corrected chi connectivity index (χ4v) is 2.52. The molecular formula is C14H18F2N2O. The largest absolute Gasteiger partial charge is 0.350 e. The molecular weight excluding hydrogens is 250 g/mol. The highest BCUT2D eigenvalue weighted by molar-refractivity contribution is 5.94. The first-order chi connectivity index (χ1) is 9.11. The van der Waals surface area contributed by atoms with Crippen LogP contribution in [0.2, 0.25) is 0 Å². The summed E-state index contributed by atoms with van der Waals surface area (Å²) >= 11 is 0. The topological polar surface area (TPSA) is 32.3 Å². The monoisotopic (exact) mass is 268 g/mol. The Kier molecular flexibility index (Phi) is 4.47. The lowest BCUT2D eigenvalue weighted by Crippen LogP contribution is -2.40. The van der Waals surface area contributed by atoms with Crippen molar-refractivity contribution in [2.75, 3.05) is 19.6 Å². The molecule has 0 spiro atoms. The summed E-state index contributed by atoms with van der Waals surface area (Å²) in [6.45, 7) is 4.58. The average molecular weight is 268 g/mol. The molecule has 0 aromatic heterocycles. The van der Waals surface area contributed by atoms with Gasteiger partial charge in [-0.15, -0.1) is 0 Å². The lowest BCUT2D eigenvalue weighted by Gasteiger charge is -2.22. The number of nitrogens with zero attached hydrogens (tertiary/aromatic N) is 1. The van der Waals surface area contributed by atoms with E-state index in [-0.39, 0.29) is 5.56 Å². The van der Waals surface area contributed by atoms with Crippen LogP contribution in [0.3, 0.4) is 0 Å². The van der Waals surface area contributed by atoms with Crippen LogP contribution in [0.4, 0.5) is 8.78 Å². The number of rotatable bonds is 4. The van der Waals surface area contributed by atoms with Gasteiger partial charge < -0.3 is 5.32 Å². The van der Waals surface area contributed by atoms with E-state index in [0.29, 0.717) is 12.6 Å². The van der Waals surface area contributed by atoms with Crippen molar-refractivity contribution in [1.29, 1.82) is 0 Å². The molecule has 1 amide bonds. The Morgan fingerprint density at radius 2 is 2.26 bits per heavy atom. The second-order valence-corrected chi connectivity index (χ2v) is 4.76.